The molecule has 1 aliphatic carbocycles. The average Bonchev–Trinajstić information content (AvgIpc) is 3.07. The third-order valence-corrected chi connectivity index (χ3v) is 4.81. The molecule has 1 aliphatic heterocycles. The van der Waals surface area contributed by atoms with Gasteiger partial charge >= 0.3 is 0 Å². The molecule has 0 atom stereocenters. The van der Waals surface area contributed by atoms with Crippen LogP contribution < -0.4 is 4.74 Å². The molecule has 1 saturated heterocycles. The molecule has 4 rings (SSSR count). The number of hydrogen-bond acceptors (Lipinski definition) is 5. The highest BCUT2D eigenvalue weighted by molar-refractivity contribution is 6.21. The summed E-state index contributed by atoms with van der Waals surface area (Å²) in [6.07, 6.45) is 1.91. The van der Waals surface area contributed by atoms with Gasteiger partial charge in [-0.15, -0.1) is 0 Å². The summed E-state index contributed by atoms with van der Waals surface area (Å²) in [5.74, 6) is 0.792. The molecule has 0 saturated carbocycles. The van der Waals surface area contributed by atoms with Gasteiger partial charge in [0.25, 0.3) is 0 Å². The smallest absolute Gasteiger partial charge is 0.120 e. The summed E-state index contributed by atoms with van der Waals surface area (Å²) in [7, 11) is 0. The van der Waals surface area contributed by atoms with Gasteiger partial charge in [0, 0.05) is 25.2 Å². The fraction of sp³-hybridized carbons (Fsp3) is 0.286. The number of hydrogen-bond donors (Lipinski definition) is 1. The topological polar surface area (TPSA) is 54.3 Å². The van der Waals surface area contributed by atoms with Gasteiger partial charge in [-0.1, -0.05) is 35.5 Å². The first-order valence-corrected chi connectivity index (χ1v) is 8.92. The Morgan fingerprint density at radius 1 is 1.04 bits per heavy atom. The van der Waals surface area contributed by atoms with Gasteiger partial charge in [0.2, 0.25) is 0 Å². The van der Waals surface area contributed by atoms with Crippen molar-refractivity contribution < 1.29 is 14.7 Å². The lowest BCUT2D eigenvalue weighted by Crippen LogP contribution is -2.38. The maximum Gasteiger partial charge on any atom is 0.120 e. The largest absolute Gasteiger partial charge is 0.492 e. The summed E-state index contributed by atoms with van der Waals surface area (Å²) in [5, 5.41) is 12.9. The van der Waals surface area contributed by atoms with Gasteiger partial charge in [-0.3, -0.25) is 4.90 Å². The van der Waals surface area contributed by atoms with Crippen LogP contribution in [0.2, 0.25) is 0 Å². The first kappa shape index (κ1) is 16.8. The van der Waals surface area contributed by atoms with E-state index in [2.05, 4.69) is 22.2 Å². The van der Waals surface area contributed by atoms with E-state index in [1.807, 2.05) is 42.5 Å². The Hall–Kier alpha value is -2.63. The van der Waals surface area contributed by atoms with Crippen LogP contribution in [-0.2, 0) is 4.74 Å². The molecule has 2 aromatic rings. The predicted octanol–water partition coefficient (Wildman–Crippen LogP) is 3.02. The quantitative estimate of drug-likeness (QED) is 0.665. The van der Waals surface area contributed by atoms with Crippen LogP contribution in [0.4, 0.5) is 0 Å². The van der Waals surface area contributed by atoms with Crippen molar-refractivity contribution in [1.29, 1.82) is 0 Å². The Balaban J connectivity index is 1.48. The molecule has 5 nitrogen and oxygen atoms in total. The van der Waals surface area contributed by atoms with Crippen molar-refractivity contribution in [2.24, 2.45) is 5.16 Å². The van der Waals surface area contributed by atoms with Crippen LogP contribution >= 0.6 is 0 Å². The number of oxime groups is 1. The molecule has 134 valence electrons. The van der Waals surface area contributed by atoms with E-state index in [1.165, 1.54) is 0 Å². The van der Waals surface area contributed by atoms with E-state index in [1.54, 1.807) is 0 Å². The standard InChI is InChI=1S/C21H22N2O3/c24-22-21-15-19(16-4-2-1-3-5-16)18-7-6-17(14-20(18)21)26-13-10-23-8-11-25-12-9-23/h1-7,14-15,24H,8-13H2. The second-order valence-corrected chi connectivity index (χ2v) is 6.42. The molecule has 0 amide bonds. The molecular formula is C21H22N2O3. The number of ether oxygens (including phenoxy) is 2. The lowest BCUT2D eigenvalue weighted by Gasteiger charge is -2.26. The summed E-state index contributed by atoms with van der Waals surface area (Å²) in [6.45, 7) is 5.02. The Bertz CT molecular complexity index is 824. The minimum atomic E-state index is 0.567. The van der Waals surface area contributed by atoms with Crippen molar-refractivity contribution in [2.75, 3.05) is 39.5 Å². The fourth-order valence-electron chi connectivity index (χ4n) is 3.41. The van der Waals surface area contributed by atoms with Crippen LogP contribution in [0, 0.1) is 0 Å². The van der Waals surface area contributed by atoms with Crippen molar-refractivity contribution in [3.63, 3.8) is 0 Å². The molecule has 0 bridgehead atoms. The van der Waals surface area contributed by atoms with Gasteiger partial charge in [-0.2, -0.15) is 0 Å². The van der Waals surface area contributed by atoms with Gasteiger partial charge in [0.05, 0.1) is 13.2 Å². The maximum atomic E-state index is 9.40. The van der Waals surface area contributed by atoms with Gasteiger partial charge in [0.1, 0.15) is 18.1 Å². The molecular weight excluding hydrogens is 328 g/mol. The van der Waals surface area contributed by atoms with Crippen LogP contribution in [-0.4, -0.2) is 55.3 Å². The zero-order valence-electron chi connectivity index (χ0n) is 14.6. The Labute approximate surface area is 153 Å². The van der Waals surface area contributed by atoms with E-state index >= 15 is 0 Å². The maximum absolute atomic E-state index is 9.40. The number of benzene rings is 2. The normalized spacial score (nSPS) is 18.6. The van der Waals surface area contributed by atoms with Gasteiger partial charge < -0.3 is 14.7 Å². The monoisotopic (exact) mass is 350 g/mol. The minimum Gasteiger partial charge on any atom is -0.492 e. The fourth-order valence-corrected chi connectivity index (χ4v) is 3.41. The summed E-state index contributed by atoms with van der Waals surface area (Å²) >= 11 is 0. The Morgan fingerprint density at radius 3 is 2.62 bits per heavy atom. The number of morpholine rings is 1. The predicted molar refractivity (Wildman–Crippen MR) is 101 cm³/mol. The molecule has 1 N–H and O–H groups in total. The summed E-state index contributed by atoms with van der Waals surface area (Å²) < 4.78 is 11.3. The first-order chi connectivity index (χ1) is 12.8. The first-order valence-electron chi connectivity index (χ1n) is 8.92. The molecule has 26 heavy (non-hydrogen) atoms. The highest BCUT2D eigenvalue weighted by Crippen LogP contribution is 2.35. The SMILES string of the molecule is ON=C1C=C(c2ccccc2)c2ccc(OCCN3CCOCC3)cc21. The molecule has 0 radical (unpaired) electrons. The third kappa shape index (κ3) is 3.49. The molecule has 0 spiro atoms. The second kappa shape index (κ2) is 7.72. The van der Waals surface area contributed by atoms with Crippen LogP contribution in [0.25, 0.3) is 5.57 Å². The highest BCUT2D eigenvalue weighted by Gasteiger charge is 2.22. The van der Waals surface area contributed by atoms with Crippen molar-refractivity contribution in [3.05, 3.63) is 71.3 Å². The van der Waals surface area contributed by atoms with Crippen LogP contribution in [0.3, 0.4) is 0 Å². The molecule has 1 heterocycles. The lowest BCUT2D eigenvalue weighted by molar-refractivity contribution is 0.0322. The van der Waals surface area contributed by atoms with Crippen LogP contribution in [0.5, 0.6) is 5.75 Å². The van der Waals surface area contributed by atoms with Crippen LogP contribution in [0.15, 0.2) is 59.8 Å². The van der Waals surface area contributed by atoms with Crippen LogP contribution in [0.1, 0.15) is 16.7 Å². The van der Waals surface area contributed by atoms with E-state index in [4.69, 9.17) is 9.47 Å². The number of nitrogens with zero attached hydrogens (tertiary/aromatic N) is 2. The van der Waals surface area contributed by atoms with Crippen molar-refractivity contribution in [2.45, 2.75) is 0 Å². The Morgan fingerprint density at radius 2 is 1.85 bits per heavy atom. The Kier molecular flexibility index (Phi) is 5.00. The number of allylic oxidation sites excluding steroid dienone is 1. The number of rotatable bonds is 5. The van der Waals surface area contributed by atoms with Gasteiger partial charge in [-0.25, -0.2) is 0 Å². The lowest BCUT2D eigenvalue weighted by atomic mass is 9.99. The van der Waals surface area contributed by atoms with E-state index in [0.717, 1.165) is 60.9 Å². The van der Waals surface area contributed by atoms with E-state index < -0.39 is 0 Å². The number of fused-ring (bicyclic) bond motifs is 1. The molecule has 2 aromatic carbocycles. The van der Waals surface area contributed by atoms with Gasteiger partial charge in [0.15, 0.2) is 0 Å². The minimum absolute atomic E-state index is 0.567. The summed E-state index contributed by atoms with van der Waals surface area (Å²) in [5.41, 5.74) is 4.69. The highest BCUT2D eigenvalue weighted by atomic mass is 16.5. The van der Waals surface area contributed by atoms with Crippen molar-refractivity contribution >= 4 is 11.3 Å². The average molecular weight is 350 g/mol. The van der Waals surface area contributed by atoms with E-state index in [-0.39, 0.29) is 0 Å². The summed E-state index contributed by atoms with van der Waals surface area (Å²) in [6, 6.07) is 16.1. The molecule has 0 aromatic heterocycles. The van der Waals surface area contributed by atoms with Crippen molar-refractivity contribution in [1.82, 2.24) is 4.90 Å². The summed E-state index contributed by atoms with van der Waals surface area (Å²) in [4.78, 5) is 2.34. The van der Waals surface area contributed by atoms with Crippen molar-refractivity contribution in [3.8, 4) is 5.75 Å². The molecule has 5 heteroatoms. The third-order valence-electron chi connectivity index (χ3n) is 4.81. The van der Waals surface area contributed by atoms with Gasteiger partial charge in [-0.05, 0) is 41.0 Å². The van der Waals surface area contributed by atoms with E-state index in [9.17, 15) is 5.21 Å². The zero-order valence-corrected chi connectivity index (χ0v) is 14.6. The van der Waals surface area contributed by atoms with E-state index in [0.29, 0.717) is 12.3 Å². The zero-order chi connectivity index (χ0) is 17.8. The second-order valence-electron chi connectivity index (χ2n) is 6.42. The molecule has 0 unspecified atom stereocenters. The molecule has 2 aliphatic rings. The molecule has 1 fully saturated rings.